The van der Waals surface area contributed by atoms with E-state index in [4.69, 9.17) is 18.9 Å². The first-order valence-corrected chi connectivity index (χ1v) is 16.7. The molecule has 13 heteroatoms. The fourth-order valence-electron chi connectivity index (χ4n) is 6.27. The maximum absolute atomic E-state index is 16.0. The molecule has 2 N–H and O–H groups in total. The standard InChI is InChI=1S/C39H38BrFO11/c1-14-12-24(42)13-25(49-11)26(14)37(46)51-34-21(8)18(5)29(32(43)30(34)40)39(48)52-35-22(9)17(4)28(23(10)31(35)41)38(47)50-33-19(6)15(2)27(36(44)45)16(3)20(33)7/h12-13,26,43H,1-11H3,(H,44,45). The van der Waals surface area contributed by atoms with Gasteiger partial charge in [-0.05, 0) is 141 Å². The average Bonchev–Trinajstić information content (AvgIpc) is 3.07. The van der Waals surface area contributed by atoms with Crippen LogP contribution in [0.4, 0.5) is 4.39 Å². The summed E-state index contributed by atoms with van der Waals surface area (Å²) in [5, 5.41) is 20.8. The highest BCUT2D eigenvalue weighted by Crippen LogP contribution is 2.44. The van der Waals surface area contributed by atoms with Gasteiger partial charge in [-0.15, -0.1) is 0 Å². The van der Waals surface area contributed by atoms with Gasteiger partial charge in [-0.2, -0.15) is 0 Å². The summed E-state index contributed by atoms with van der Waals surface area (Å²) in [6.07, 6.45) is 2.46. The van der Waals surface area contributed by atoms with Crippen LogP contribution in [0.25, 0.3) is 0 Å². The fraction of sp³-hybridized carbons (Fsp3) is 0.308. The summed E-state index contributed by atoms with van der Waals surface area (Å²) >= 11 is 3.21. The van der Waals surface area contributed by atoms with E-state index in [1.807, 2.05) is 0 Å². The number of ether oxygens (including phenoxy) is 4. The third-order valence-corrected chi connectivity index (χ3v) is 10.5. The minimum absolute atomic E-state index is 0.0806. The lowest BCUT2D eigenvalue weighted by atomic mass is 9.92. The van der Waals surface area contributed by atoms with E-state index in [9.17, 15) is 34.2 Å². The van der Waals surface area contributed by atoms with E-state index in [1.165, 1.54) is 47.0 Å². The summed E-state index contributed by atoms with van der Waals surface area (Å²) in [6.45, 7) is 15.4. The quantitative estimate of drug-likeness (QED) is 0.170. The summed E-state index contributed by atoms with van der Waals surface area (Å²) in [6, 6.07) is 0. The number of allylic oxidation sites excluding steroid dienone is 2. The minimum Gasteiger partial charge on any atom is -0.506 e. The van der Waals surface area contributed by atoms with Gasteiger partial charge in [0.05, 0.1) is 18.2 Å². The largest absolute Gasteiger partial charge is 0.506 e. The molecule has 0 saturated heterocycles. The average molecular weight is 782 g/mol. The second kappa shape index (κ2) is 14.7. The second-order valence-corrected chi connectivity index (χ2v) is 13.5. The zero-order valence-corrected chi connectivity index (χ0v) is 32.1. The van der Waals surface area contributed by atoms with Crippen molar-refractivity contribution >= 4 is 45.6 Å². The van der Waals surface area contributed by atoms with Crippen LogP contribution < -0.4 is 14.2 Å². The monoisotopic (exact) mass is 780 g/mol. The fourth-order valence-corrected chi connectivity index (χ4v) is 6.85. The molecular weight excluding hydrogens is 743 g/mol. The van der Waals surface area contributed by atoms with Crippen molar-refractivity contribution in [2.45, 2.75) is 69.2 Å². The highest BCUT2D eigenvalue weighted by atomic mass is 79.9. The normalized spacial score (nSPS) is 14.0. The highest BCUT2D eigenvalue weighted by Gasteiger charge is 2.35. The number of carboxylic acids is 1. The molecule has 1 atom stereocenters. The van der Waals surface area contributed by atoms with Crippen molar-refractivity contribution in [3.8, 4) is 23.0 Å². The van der Waals surface area contributed by atoms with Crippen LogP contribution in [0.2, 0.25) is 0 Å². The number of carbonyl (C=O) groups excluding carboxylic acids is 4. The lowest BCUT2D eigenvalue weighted by molar-refractivity contribution is -0.137. The summed E-state index contributed by atoms with van der Waals surface area (Å²) in [5.74, 6) is -7.29. The van der Waals surface area contributed by atoms with Gasteiger partial charge in [0.1, 0.15) is 33.2 Å². The van der Waals surface area contributed by atoms with Crippen LogP contribution in [-0.2, 0) is 14.3 Å². The Hall–Kier alpha value is -5.30. The SMILES string of the molecule is COC1=CC(=O)C=C(C)C1C(=O)Oc1c(C)c(C)c(C(=O)Oc2c(C)c(C)c(C(=O)Oc3c(C)c(C)c(C(=O)O)c(C)c3C)c(C)c2F)c(O)c1Br. The number of carbonyl (C=O) groups is 5. The number of halogens is 2. The summed E-state index contributed by atoms with van der Waals surface area (Å²) in [5.41, 5.74) is 2.44. The predicted octanol–water partition coefficient (Wildman–Crippen LogP) is 7.79. The first-order chi connectivity index (χ1) is 24.2. The molecule has 0 radical (unpaired) electrons. The first-order valence-electron chi connectivity index (χ1n) is 16.0. The molecule has 1 unspecified atom stereocenters. The number of phenolic OH excluding ortho intramolecular Hbond substituents is 1. The summed E-state index contributed by atoms with van der Waals surface area (Å²) in [4.78, 5) is 64.3. The number of benzene rings is 3. The van der Waals surface area contributed by atoms with Crippen LogP contribution in [0.1, 0.15) is 88.1 Å². The van der Waals surface area contributed by atoms with Gasteiger partial charge in [-0.1, -0.05) is 0 Å². The molecule has 1 aliphatic carbocycles. The van der Waals surface area contributed by atoms with Gasteiger partial charge in [0.25, 0.3) is 0 Å². The molecule has 0 fully saturated rings. The Morgan fingerprint density at radius 3 is 1.65 bits per heavy atom. The number of methoxy groups -OCH3 is 1. The Labute approximate surface area is 308 Å². The number of esters is 3. The van der Waals surface area contributed by atoms with Gasteiger partial charge in [-0.3, -0.25) is 9.59 Å². The van der Waals surface area contributed by atoms with Crippen molar-refractivity contribution in [3.05, 3.63) is 101 Å². The number of rotatable bonds is 8. The smallest absolute Gasteiger partial charge is 0.347 e. The third kappa shape index (κ3) is 6.72. The molecule has 3 aromatic rings. The van der Waals surface area contributed by atoms with Crippen molar-refractivity contribution in [1.29, 1.82) is 0 Å². The molecule has 1 aliphatic rings. The number of hydrogen-bond acceptors (Lipinski definition) is 10. The summed E-state index contributed by atoms with van der Waals surface area (Å²) < 4.78 is 38.1. The Morgan fingerprint density at radius 2 is 1.12 bits per heavy atom. The Bertz CT molecular complexity index is 2110. The number of aromatic carboxylic acids is 1. The Kier molecular flexibility index (Phi) is 11.2. The molecule has 0 aromatic heterocycles. The maximum atomic E-state index is 16.0. The Morgan fingerprint density at radius 1 is 0.654 bits per heavy atom. The summed E-state index contributed by atoms with van der Waals surface area (Å²) in [7, 11) is 1.32. The van der Waals surface area contributed by atoms with Crippen molar-refractivity contribution < 1.29 is 57.5 Å². The topological polar surface area (TPSA) is 163 Å². The van der Waals surface area contributed by atoms with Crippen LogP contribution >= 0.6 is 15.9 Å². The number of aromatic hydroxyl groups is 1. The van der Waals surface area contributed by atoms with Gasteiger partial charge < -0.3 is 29.2 Å². The van der Waals surface area contributed by atoms with E-state index >= 15 is 4.39 Å². The Balaban J connectivity index is 1.69. The molecule has 0 bridgehead atoms. The molecule has 0 aliphatic heterocycles. The molecule has 52 heavy (non-hydrogen) atoms. The van der Waals surface area contributed by atoms with Crippen molar-refractivity contribution in [2.75, 3.05) is 7.11 Å². The lowest BCUT2D eigenvalue weighted by Crippen LogP contribution is -2.28. The molecule has 11 nitrogen and oxygen atoms in total. The van der Waals surface area contributed by atoms with E-state index < -0.39 is 47.1 Å². The molecule has 274 valence electrons. The second-order valence-electron chi connectivity index (χ2n) is 12.7. The first kappa shape index (κ1) is 39.5. The van der Waals surface area contributed by atoms with Gasteiger partial charge >= 0.3 is 23.9 Å². The molecule has 0 amide bonds. The van der Waals surface area contributed by atoms with Crippen LogP contribution in [0.5, 0.6) is 23.0 Å². The molecule has 3 aromatic carbocycles. The van der Waals surface area contributed by atoms with Crippen molar-refractivity contribution in [3.63, 3.8) is 0 Å². The van der Waals surface area contributed by atoms with Crippen LogP contribution in [-0.4, -0.2) is 47.0 Å². The number of phenols is 1. The molecule has 0 spiro atoms. The van der Waals surface area contributed by atoms with E-state index in [0.29, 0.717) is 27.8 Å². The van der Waals surface area contributed by atoms with Crippen LogP contribution in [0, 0.1) is 74.0 Å². The minimum atomic E-state index is -1.13. The predicted molar refractivity (Wildman–Crippen MR) is 191 cm³/mol. The molecule has 0 saturated carbocycles. The van der Waals surface area contributed by atoms with Crippen LogP contribution in [0.3, 0.4) is 0 Å². The third-order valence-electron chi connectivity index (χ3n) is 9.74. The zero-order chi connectivity index (χ0) is 39.3. The molecule has 0 heterocycles. The van der Waals surface area contributed by atoms with Crippen molar-refractivity contribution in [2.24, 2.45) is 5.92 Å². The van der Waals surface area contributed by atoms with E-state index in [-0.39, 0.29) is 72.0 Å². The zero-order valence-electron chi connectivity index (χ0n) is 30.6. The van der Waals surface area contributed by atoms with E-state index in [0.717, 1.165) is 0 Å². The van der Waals surface area contributed by atoms with E-state index in [1.54, 1.807) is 41.5 Å². The number of carboxylic acid groups (broad SMARTS) is 1. The van der Waals surface area contributed by atoms with Gasteiger partial charge in [-0.25, -0.2) is 18.8 Å². The highest BCUT2D eigenvalue weighted by molar-refractivity contribution is 9.10. The van der Waals surface area contributed by atoms with Gasteiger partial charge in [0.15, 0.2) is 23.1 Å². The van der Waals surface area contributed by atoms with Crippen LogP contribution in [0.15, 0.2) is 28.0 Å². The number of hydrogen-bond donors (Lipinski definition) is 2. The lowest BCUT2D eigenvalue weighted by Gasteiger charge is -2.23. The van der Waals surface area contributed by atoms with Gasteiger partial charge in [0.2, 0.25) is 0 Å². The van der Waals surface area contributed by atoms with Crippen molar-refractivity contribution in [1.82, 2.24) is 0 Å². The van der Waals surface area contributed by atoms with E-state index in [2.05, 4.69) is 15.9 Å². The maximum Gasteiger partial charge on any atom is 0.347 e. The molecule has 4 rings (SSSR count). The number of ketones is 1. The van der Waals surface area contributed by atoms with Gasteiger partial charge in [0, 0.05) is 11.6 Å². The molecular formula is C39H38BrFO11.